The third kappa shape index (κ3) is 5.28. The molecule has 1 heterocycles. The van der Waals surface area contributed by atoms with E-state index in [0.717, 1.165) is 19.0 Å². The second kappa shape index (κ2) is 8.39. The van der Waals surface area contributed by atoms with Crippen LogP contribution in [-0.2, 0) is 0 Å². The first kappa shape index (κ1) is 17.9. The molecule has 5 heteroatoms. The number of β-amino-alcohol motifs (C(OH)–C–C–N with tert-alkyl or cyclic N) is 1. The average Bonchev–Trinajstić information content (AvgIpc) is 2.54. The summed E-state index contributed by atoms with van der Waals surface area (Å²) in [4.78, 5) is 2.29. The Bertz CT molecular complexity index is 550. The number of aliphatic hydroxyl groups excluding tert-OH is 1. The highest BCUT2D eigenvalue weighted by atomic mass is 19.1. The van der Waals surface area contributed by atoms with Crippen molar-refractivity contribution < 1.29 is 9.50 Å². The third-order valence-corrected chi connectivity index (χ3v) is 4.60. The van der Waals surface area contributed by atoms with Crippen molar-refractivity contribution in [3.63, 3.8) is 0 Å². The number of nitrogens with zero attached hydrogens (tertiary/aromatic N) is 2. The van der Waals surface area contributed by atoms with Crippen LogP contribution in [0.1, 0.15) is 43.9 Å². The van der Waals surface area contributed by atoms with Gasteiger partial charge in [0, 0.05) is 24.7 Å². The third-order valence-electron chi connectivity index (χ3n) is 4.60. The van der Waals surface area contributed by atoms with Gasteiger partial charge in [-0.3, -0.25) is 0 Å². The Morgan fingerprint density at radius 2 is 2.13 bits per heavy atom. The van der Waals surface area contributed by atoms with E-state index in [1.165, 1.54) is 18.9 Å². The number of nitrogens with one attached hydrogen (secondary N) is 1. The minimum absolute atomic E-state index is 0.209. The number of hydrogen-bond acceptors (Lipinski definition) is 4. The summed E-state index contributed by atoms with van der Waals surface area (Å²) >= 11 is 0. The molecule has 0 saturated carbocycles. The molecule has 1 aliphatic rings. The molecule has 1 aromatic carbocycles. The summed E-state index contributed by atoms with van der Waals surface area (Å²) in [5.74, 6) is 0.393. The molecule has 2 N–H and O–H groups in total. The first-order valence-electron chi connectivity index (χ1n) is 8.33. The van der Waals surface area contributed by atoms with E-state index in [9.17, 15) is 9.50 Å². The molecule has 126 valence electrons. The van der Waals surface area contributed by atoms with Crippen LogP contribution in [-0.4, -0.2) is 42.3 Å². The van der Waals surface area contributed by atoms with Gasteiger partial charge in [-0.05, 0) is 50.9 Å². The van der Waals surface area contributed by atoms with Gasteiger partial charge in [0.25, 0.3) is 0 Å². The fourth-order valence-electron chi connectivity index (χ4n) is 2.98. The van der Waals surface area contributed by atoms with Crippen LogP contribution in [0.15, 0.2) is 18.2 Å². The number of rotatable bonds is 6. The molecule has 1 fully saturated rings. The highest BCUT2D eigenvalue weighted by Gasteiger charge is 2.19. The van der Waals surface area contributed by atoms with Gasteiger partial charge >= 0.3 is 0 Å². The minimum atomic E-state index is -0.465. The zero-order chi connectivity index (χ0) is 16.8. The van der Waals surface area contributed by atoms with Crippen LogP contribution in [0, 0.1) is 23.1 Å². The summed E-state index contributed by atoms with van der Waals surface area (Å²) in [6.45, 7) is 7.29. The molecule has 1 aromatic rings. The van der Waals surface area contributed by atoms with E-state index in [2.05, 4.69) is 17.1 Å². The number of benzene rings is 1. The van der Waals surface area contributed by atoms with E-state index >= 15 is 0 Å². The second-order valence-corrected chi connectivity index (χ2v) is 6.61. The summed E-state index contributed by atoms with van der Waals surface area (Å²) in [5.41, 5.74) is 0.834. The molecule has 4 nitrogen and oxygen atoms in total. The first-order valence-corrected chi connectivity index (χ1v) is 8.33. The van der Waals surface area contributed by atoms with Crippen LogP contribution in [0.2, 0.25) is 0 Å². The van der Waals surface area contributed by atoms with Crippen LogP contribution < -0.4 is 5.32 Å². The van der Waals surface area contributed by atoms with Gasteiger partial charge in [0.15, 0.2) is 0 Å². The predicted molar refractivity (Wildman–Crippen MR) is 88.4 cm³/mol. The van der Waals surface area contributed by atoms with Crippen LogP contribution in [0.4, 0.5) is 4.39 Å². The summed E-state index contributed by atoms with van der Waals surface area (Å²) in [7, 11) is 0. The van der Waals surface area contributed by atoms with Crippen molar-refractivity contribution in [2.24, 2.45) is 5.92 Å². The first-order chi connectivity index (χ1) is 11.0. The van der Waals surface area contributed by atoms with Gasteiger partial charge in [0.1, 0.15) is 5.82 Å². The molecule has 0 amide bonds. The Morgan fingerprint density at radius 3 is 2.74 bits per heavy atom. The minimum Gasteiger partial charge on any atom is -0.390 e. The Morgan fingerprint density at radius 1 is 1.43 bits per heavy atom. The number of aliphatic hydroxyl groups is 1. The largest absolute Gasteiger partial charge is 0.390 e. The molecule has 1 saturated heterocycles. The maximum absolute atomic E-state index is 14.0. The standard InChI is InChI=1S/C18H26FN3O/c1-13-5-7-22(8-6-13)12-16(23)11-21-14(2)17-4-3-15(10-20)9-18(17)19/h3-4,9,13-14,16,21,23H,5-8,11-12H2,1-2H3. The highest BCUT2D eigenvalue weighted by molar-refractivity contribution is 5.34. The van der Waals surface area contributed by atoms with Crippen LogP contribution in [0.25, 0.3) is 0 Å². The van der Waals surface area contributed by atoms with Crippen LogP contribution >= 0.6 is 0 Å². The van der Waals surface area contributed by atoms with Gasteiger partial charge in [-0.15, -0.1) is 0 Å². The Kier molecular flexibility index (Phi) is 6.52. The summed E-state index contributed by atoms with van der Waals surface area (Å²) in [6, 6.07) is 6.21. The van der Waals surface area contributed by atoms with E-state index in [0.29, 0.717) is 24.2 Å². The zero-order valence-electron chi connectivity index (χ0n) is 13.9. The van der Waals surface area contributed by atoms with Crippen molar-refractivity contribution in [1.29, 1.82) is 5.26 Å². The number of hydrogen-bond donors (Lipinski definition) is 2. The van der Waals surface area contributed by atoms with E-state index in [-0.39, 0.29) is 11.9 Å². The molecule has 2 rings (SSSR count). The number of piperidine rings is 1. The molecule has 0 aliphatic carbocycles. The molecular weight excluding hydrogens is 293 g/mol. The van der Waals surface area contributed by atoms with Gasteiger partial charge in [-0.1, -0.05) is 13.0 Å². The lowest BCUT2D eigenvalue weighted by Gasteiger charge is -2.32. The highest BCUT2D eigenvalue weighted by Crippen LogP contribution is 2.18. The van der Waals surface area contributed by atoms with Crippen molar-refractivity contribution in [3.8, 4) is 6.07 Å². The van der Waals surface area contributed by atoms with Gasteiger partial charge in [-0.25, -0.2) is 4.39 Å². The monoisotopic (exact) mass is 319 g/mol. The van der Waals surface area contributed by atoms with Crippen molar-refractivity contribution in [1.82, 2.24) is 10.2 Å². The molecule has 0 spiro atoms. The SMILES string of the molecule is CC1CCN(CC(O)CNC(C)c2ccc(C#N)cc2F)CC1. The second-order valence-electron chi connectivity index (χ2n) is 6.61. The molecule has 2 atom stereocenters. The molecule has 0 aromatic heterocycles. The van der Waals surface area contributed by atoms with Crippen molar-refractivity contribution in [3.05, 3.63) is 35.1 Å². The van der Waals surface area contributed by atoms with Crippen LogP contribution in [0.3, 0.4) is 0 Å². The van der Waals surface area contributed by atoms with Gasteiger partial charge in [-0.2, -0.15) is 5.26 Å². The summed E-state index contributed by atoms with van der Waals surface area (Å²) in [5, 5.41) is 22.1. The summed E-state index contributed by atoms with van der Waals surface area (Å²) in [6.07, 6.45) is 1.91. The van der Waals surface area contributed by atoms with Gasteiger partial charge < -0.3 is 15.3 Å². The molecule has 23 heavy (non-hydrogen) atoms. The predicted octanol–water partition coefficient (Wildman–Crippen LogP) is 2.44. The maximum atomic E-state index is 14.0. The lowest BCUT2D eigenvalue weighted by atomic mass is 9.99. The lowest BCUT2D eigenvalue weighted by molar-refractivity contribution is 0.0891. The summed E-state index contributed by atoms with van der Waals surface area (Å²) < 4.78 is 14.0. The molecular formula is C18H26FN3O. The van der Waals surface area contributed by atoms with E-state index in [1.807, 2.05) is 13.0 Å². The molecule has 1 aliphatic heterocycles. The molecule has 0 bridgehead atoms. The zero-order valence-corrected chi connectivity index (χ0v) is 13.9. The number of nitriles is 1. The maximum Gasteiger partial charge on any atom is 0.129 e. The Hall–Kier alpha value is -1.48. The van der Waals surface area contributed by atoms with Crippen molar-refractivity contribution >= 4 is 0 Å². The quantitative estimate of drug-likeness (QED) is 0.845. The van der Waals surface area contributed by atoms with E-state index in [1.54, 1.807) is 12.1 Å². The smallest absolute Gasteiger partial charge is 0.129 e. The van der Waals surface area contributed by atoms with Crippen molar-refractivity contribution in [2.75, 3.05) is 26.2 Å². The molecule has 0 radical (unpaired) electrons. The topological polar surface area (TPSA) is 59.3 Å². The van der Waals surface area contributed by atoms with Gasteiger partial charge in [0.2, 0.25) is 0 Å². The Labute approximate surface area is 137 Å². The van der Waals surface area contributed by atoms with Crippen molar-refractivity contribution in [2.45, 2.75) is 38.8 Å². The fraction of sp³-hybridized carbons (Fsp3) is 0.611. The molecule has 2 unspecified atom stereocenters. The lowest BCUT2D eigenvalue weighted by Crippen LogP contribution is -2.42. The average molecular weight is 319 g/mol. The number of halogens is 1. The number of likely N-dealkylation sites (tertiary alicyclic amines) is 1. The van der Waals surface area contributed by atoms with Crippen LogP contribution in [0.5, 0.6) is 0 Å². The van der Waals surface area contributed by atoms with E-state index in [4.69, 9.17) is 5.26 Å². The normalized spacial score (nSPS) is 19.3. The van der Waals surface area contributed by atoms with E-state index < -0.39 is 6.10 Å². The fourth-order valence-corrected chi connectivity index (χ4v) is 2.98. The Balaban J connectivity index is 1.79. The van der Waals surface area contributed by atoms with Gasteiger partial charge in [0.05, 0.1) is 17.7 Å².